The van der Waals surface area contributed by atoms with Crippen molar-refractivity contribution in [2.45, 2.75) is 52.5 Å². The monoisotopic (exact) mass is 566 g/mol. The number of nitrogen functional groups attached to an aromatic ring is 1. The van der Waals surface area contributed by atoms with Gasteiger partial charge in [-0.05, 0) is 27.2 Å². The Labute approximate surface area is 227 Å². The standard InChI is InChI=1S/C24H30N4O8S2/c1-6-7-14(15-10-38-23(25)26-15)18(30)27-16-19(31)28-17(13(8-34-12(2)29)9-37-20(16)28)21(32)35-11-36-22(33)24(3,4)5/h7,10,16,20H,6,8-9,11H2,1-5H3,(H2,25,26)(H,27,30)/b14-7-/t16-,20-/m1/s1. The van der Waals surface area contributed by atoms with Crippen molar-refractivity contribution in [3.63, 3.8) is 0 Å². The second kappa shape index (κ2) is 12.0. The summed E-state index contributed by atoms with van der Waals surface area (Å²) < 4.78 is 15.2. The third kappa shape index (κ3) is 6.54. The molecule has 206 valence electrons. The van der Waals surface area contributed by atoms with Crippen molar-refractivity contribution in [3.05, 3.63) is 28.4 Å². The molecular formula is C24H30N4O8S2. The molecule has 3 N–H and O–H groups in total. The number of allylic oxidation sites excluding steroid dienone is 1. The van der Waals surface area contributed by atoms with E-state index in [9.17, 15) is 24.0 Å². The molecule has 1 aromatic rings. The Morgan fingerprint density at radius 3 is 2.53 bits per heavy atom. The first kappa shape index (κ1) is 29.2. The molecule has 0 unspecified atom stereocenters. The first-order valence-electron chi connectivity index (χ1n) is 11.7. The minimum atomic E-state index is -0.916. The Morgan fingerprint density at radius 1 is 1.24 bits per heavy atom. The lowest BCUT2D eigenvalue weighted by Gasteiger charge is -2.49. The molecule has 2 amide bonds. The highest BCUT2D eigenvalue weighted by Crippen LogP contribution is 2.41. The van der Waals surface area contributed by atoms with Gasteiger partial charge < -0.3 is 25.3 Å². The molecule has 0 spiro atoms. The van der Waals surface area contributed by atoms with E-state index in [4.69, 9.17) is 19.9 Å². The molecule has 3 rings (SSSR count). The van der Waals surface area contributed by atoms with Crippen molar-refractivity contribution in [1.82, 2.24) is 15.2 Å². The van der Waals surface area contributed by atoms with Gasteiger partial charge >= 0.3 is 17.9 Å². The van der Waals surface area contributed by atoms with Gasteiger partial charge in [-0.2, -0.15) is 0 Å². The number of nitrogens with two attached hydrogens (primary N) is 1. The average Bonchev–Trinajstić information content (AvgIpc) is 3.28. The lowest BCUT2D eigenvalue weighted by molar-refractivity contribution is -0.173. The number of hydrogen-bond donors (Lipinski definition) is 2. The molecule has 0 bridgehead atoms. The predicted octanol–water partition coefficient (Wildman–Crippen LogP) is 1.83. The highest BCUT2D eigenvalue weighted by Gasteiger charge is 2.54. The molecule has 2 aliphatic heterocycles. The zero-order valence-electron chi connectivity index (χ0n) is 21.7. The molecule has 0 saturated carbocycles. The van der Waals surface area contributed by atoms with Crippen LogP contribution in [0.4, 0.5) is 5.13 Å². The Morgan fingerprint density at radius 2 is 1.95 bits per heavy atom. The maximum atomic E-state index is 13.2. The molecule has 1 aromatic heterocycles. The van der Waals surface area contributed by atoms with Gasteiger partial charge in [-0.1, -0.05) is 13.0 Å². The van der Waals surface area contributed by atoms with Crippen molar-refractivity contribution in [1.29, 1.82) is 0 Å². The Kier molecular flexibility index (Phi) is 9.20. The van der Waals surface area contributed by atoms with Crippen LogP contribution < -0.4 is 11.1 Å². The van der Waals surface area contributed by atoms with Crippen molar-refractivity contribution in [3.8, 4) is 0 Å². The number of ether oxygens (including phenoxy) is 3. The number of thioether (sulfide) groups is 1. The molecule has 3 heterocycles. The van der Waals surface area contributed by atoms with Crippen molar-refractivity contribution >= 4 is 63.5 Å². The van der Waals surface area contributed by atoms with Gasteiger partial charge in [0.15, 0.2) is 5.13 Å². The van der Waals surface area contributed by atoms with Crippen molar-refractivity contribution in [2.24, 2.45) is 5.41 Å². The molecule has 12 nitrogen and oxygen atoms in total. The smallest absolute Gasteiger partial charge is 0.358 e. The number of fused-ring (bicyclic) bond motifs is 1. The summed E-state index contributed by atoms with van der Waals surface area (Å²) in [6, 6.07) is -0.916. The van der Waals surface area contributed by atoms with Crippen molar-refractivity contribution < 1.29 is 38.2 Å². The van der Waals surface area contributed by atoms with Crippen LogP contribution in [0.5, 0.6) is 0 Å². The van der Waals surface area contributed by atoms with E-state index in [1.807, 2.05) is 6.92 Å². The quantitative estimate of drug-likeness (QED) is 0.194. The predicted molar refractivity (Wildman–Crippen MR) is 140 cm³/mol. The number of anilines is 1. The number of esters is 3. The third-order valence-corrected chi connectivity index (χ3v) is 7.43. The van der Waals surface area contributed by atoms with E-state index in [-0.39, 0.29) is 18.1 Å². The topological polar surface area (TPSA) is 167 Å². The first-order valence-corrected chi connectivity index (χ1v) is 13.6. The summed E-state index contributed by atoms with van der Waals surface area (Å²) in [5.41, 5.74) is 5.86. The van der Waals surface area contributed by atoms with E-state index in [2.05, 4.69) is 10.3 Å². The van der Waals surface area contributed by atoms with E-state index in [1.165, 1.54) is 34.9 Å². The Balaban J connectivity index is 1.77. The summed E-state index contributed by atoms with van der Waals surface area (Å²) in [5.74, 6) is -2.85. The zero-order valence-corrected chi connectivity index (χ0v) is 23.3. The average molecular weight is 567 g/mol. The molecule has 0 radical (unpaired) electrons. The number of carbonyl (C=O) groups is 5. The first-order chi connectivity index (χ1) is 17.8. The number of amides is 2. The van der Waals surface area contributed by atoms with Gasteiger partial charge in [-0.25, -0.2) is 9.78 Å². The van der Waals surface area contributed by atoms with E-state index in [0.29, 0.717) is 28.4 Å². The van der Waals surface area contributed by atoms with Crippen LogP contribution in [-0.2, 0) is 38.2 Å². The van der Waals surface area contributed by atoms with Gasteiger partial charge in [0.2, 0.25) is 6.79 Å². The zero-order chi connectivity index (χ0) is 28.2. The number of β-lactam (4-membered cyclic amide) rings is 1. The summed E-state index contributed by atoms with van der Waals surface area (Å²) in [5, 5.41) is 4.10. The molecule has 38 heavy (non-hydrogen) atoms. The Bertz CT molecular complexity index is 1200. The number of thiazole rings is 1. The number of carbonyl (C=O) groups excluding carboxylic acids is 5. The summed E-state index contributed by atoms with van der Waals surface area (Å²) in [6.45, 7) is 7.16. The lowest BCUT2D eigenvalue weighted by atomic mass is 9.98. The highest BCUT2D eigenvalue weighted by atomic mass is 32.2. The number of rotatable bonds is 9. The summed E-state index contributed by atoms with van der Waals surface area (Å²) >= 11 is 2.49. The molecule has 0 aromatic carbocycles. The van der Waals surface area contributed by atoms with Crippen LogP contribution in [0.3, 0.4) is 0 Å². The van der Waals surface area contributed by atoms with Gasteiger partial charge in [0.25, 0.3) is 11.8 Å². The Hall–Kier alpha value is -3.39. The highest BCUT2D eigenvalue weighted by molar-refractivity contribution is 8.00. The number of aromatic nitrogens is 1. The molecule has 0 aliphatic carbocycles. The fraction of sp³-hybridized carbons (Fsp3) is 0.500. The van der Waals surface area contributed by atoms with Gasteiger partial charge in [-0.3, -0.25) is 24.1 Å². The largest absolute Gasteiger partial charge is 0.461 e. The van der Waals surface area contributed by atoms with E-state index in [1.54, 1.807) is 32.2 Å². The van der Waals surface area contributed by atoms with Gasteiger partial charge in [-0.15, -0.1) is 23.1 Å². The van der Waals surface area contributed by atoms with Crippen LogP contribution >= 0.6 is 23.1 Å². The van der Waals surface area contributed by atoms with Crippen LogP contribution in [0.15, 0.2) is 22.7 Å². The summed E-state index contributed by atoms with van der Waals surface area (Å²) in [4.78, 5) is 68.0. The lowest BCUT2D eigenvalue weighted by Crippen LogP contribution is -2.70. The number of nitrogens with one attached hydrogen (secondary N) is 1. The molecule has 2 atom stereocenters. The van der Waals surface area contributed by atoms with E-state index >= 15 is 0 Å². The maximum Gasteiger partial charge on any atom is 0.358 e. The molecular weight excluding hydrogens is 536 g/mol. The third-order valence-electron chi connectivity index (χ3n) is 5.42. The van der Waals surface area contributed by atoms with Crippen LogP contribution in [-0.4, -0.2) is 70.2 Å². The normalized spacial score (nSPS) is 19.3. The van der Waals surface area contributed by atoms with Crippen molar-refractivity contribution in [2.75, 3.05) is 24.9 Å². The second-order valence-corrected chi connectivity index (χ2v) is 11.4. The van der Waals surface area contributed by atoms with Crippen LogP contribution in [0.2, 0.25) is 0 Å². The maximum absolute atomic E-state index is 13.2. The minimum Gasteiger partial charge on any atom is -0.461 e. The molecule has 1 fully saturated rings. The van der Waals surface area contributed by atoms with Gasteiger partial charge in [0.1, 0.15) is 23.7 Å². The molecule has 1 saturated heterocycles. The molecule has 2 aliphatic rings. The van der Waals surface area contributed by atoms with Crippen LogP contribution in [0.25, 0.3) is 5.57 Å². The fourth-order valence-electron chi connectivity index (χ4n) is 3.54. The van der Waals surface area contributed by atoms with E-state index in [0.717, 1.165) is 0 Å². The van der Waals surface area contributed by atoms with E-state index < -0.39 is 53.3 Å². The summed E-state index contributed by atoms with van der Waals surface area (Å²) in [6.07, 6.45) is 2.25. The molecule has 14 heteroatoms. The minimum absolute atomic E-state index is 0.103. The second-order valence-electron chi connectivity index (χ2n) is 9.42. The number of nitrogens with zero attached hydrogens (tertiary/aromatic N) is 2. The van der Waals surface area contributed by atoms with Crippen LogP contribution in [0.1, 0.15) is 46.7 Å². The summed E-state index contributed by atoms with van der Waals surface area (Å²) in [7, 11) is 0. The SMILES string of the molecule is CC/C=C(\C(=O)N[C@@H]1C(=O)N2C(C(=O)OCOC(=O)C(C)(C)C)=C(COC(C)=O)CS[C@H]12)c1csc(N)n1. The number of hydrogen-bond acceptors (Lipinski definition) is 12. The van der Waals surface area contributed by atoms with Crippen LogP contribution in [0, 0.1) is 5.41 Å². The van der Waals surface area contributed by atoms with Gasteiger partial charge in [0.05, 0.1) is 16.7 Å². The van der Waals surface area contributed by atoms with Gasteiger partial charge in [0, 0.05) is 23.6 Å². The fourth-order valence-corrected chi connectivity index (χ4v) is 5.43.